The molecule has 0 spiro atoms. The Morgan fingerprint density at radius 2 is 1.52 bits per heavy atom. The molecule has 1 amide bonds. The minimum atomic E-state index is -0.505. The lowest BCUT2D eigenvalue weighted by Gasteiger charge is -2.19. The Bertz CT molecular complexity index is 1210. The van der Waals surface area contributed by atoms with Crippen LogP contribution in [0.25, 0.3) is 0 Å². The van der Waals surface area contributed by atoms with Crippen LogP contribution in [0.1, 0.15) is 28.2 Å². The number of hydrogen-bond donors (Lipinski definition) is 3. The molecule has 0 fully saturated rings. The van der Waals surface area contributed by atoms with Crippen LogP contribution in [0.3, 0.4) is 0 Å². The normalized spacial score (nSPS) is 10.6. The van der Waals surface area contributed by atoms with Crippen molar-refractivity contribution in [1.82, 2.24) is 15.4 Å². The van der Waals surface area contributed by atoms with Crippen LogP contribution in [0.5, 0.6) is 11.6 Å². The maximum atomic E-state index is 13.2. The predicted molar refractivity (Wildman–Crippen MR) is 129 cm³/mol. The first-order chi connectivity index (χ1) is 16.0. The summed E-state index contributed by atoms with van der Waals surface area (Å²) in [5, 5.41) is 0. The van der Waals surface area contributed by atoms with Crippen LogP contribution in [-0.2, 0) is 4.79 Å². The maximum Gasteiger partial charge on any atom is 0.250 e. The summed E-state index contributed by atoms with van der Waals surface area (Å²) in [4.78, 5) is 21.5. The fraction of sp³-hybridized carbons (Fsp3) is 0.115. The van der Waals surface area contributed by atoms with E-state index in [9.17, 15) is 4.79 Å². The van der Waals surface area contributed by atoms with Crippen molar-refractivity contribution in [3.8, 4) is 11.6 Å². The van der Waals surface area contributed by atoms with Crippen molar-refractivity contribution in [2.24, 2.45) is 0 Å². The first-order valence-electron chi connectivity index (χ1n) is 10.5. The third kappa shape index (κ3) is 5.10. The second-order valence-corrected chi connectivity index (χ2v) is 7.66. The Balaban J connectivity index is 1.52. The van der Waals surface area contributed by atoms with Crippen LogP contribution in [0.2, 0.25) is 0 Å². The molecule has 1 aromatic heterocycles. The van der Waals surface area contributed by atoms with Crippen molar-refractivity contribution in [2.45, 2.75) is 19.8 Å². The summed E-state index contributed by atoms with van der Waals surface area (Å²) < 4.78 is 5.85. The van der Waals surface area contributed by atoms with Gasteiger partial charge < -0.3 is 10.5 Å². The maximum absolute atomic E-state index is 13.2. The summed E-state index contributed by atoms with van der Waals surface area (Å²) in [5.41, 5.74) is 16.0. The highest BCUT2D eigenvalue weighted by molar-refractivity contribution is 5.88. The quantitative estimate of drug-likeness (QED) is 0.359. The van der Waals surface area contributed by atoms with E-state index in [0.29, 0.717) is 5.75 Å². The smallest absolute Gasteiger partial charge is 0.250 e. The fourth-order valence-electron chi connectivity index (χ4n) is 3.43. The van der Waals surface area contributed by atoms with Crippen LogP contribution in [0.15, 0.2) is 85.2 Å². The lowest BCUT2D eigenvalue weighted by Crippen LogP contribution is -2.35. The molecule has 0 aliphatic carbocycles. The minimum Gasteiger partial charge on any atom is -0.437 e. The molecule has 0 unspecified atom stereocenters. The number of aryl methyl sites for hydroxylation is 2. The van der Waals surface area contributed by atoms with Gasteiger partial charge in [-0.1, -0.05) is 66.7 Å². The van der Waals surface area contributed by atoms with Crippen molar-refractivity contribution < 1.29 is 9.53 Å². The number of aromatic nitrogens is 2. The molecule has 7 nitrogen and oxygen atoms in total. The Kier molecular flexibility index (Phi) is 6.50. The number of hydrogen-bond acceptors (Lipinski definition) is 6. The van der Waals surface area contributed by atoms with Gasteiger partial charge in [-0.2, -0.15) is 4.98 Å². The highest BCUT2D eigenvalue weighted by Gasteiger charge is 2.23. The van der Waals surface area contributed by atoms with E-state index in [1.54, 1.807) is 0 Å². The molecule has 166 valence electrons. The highest BCUT2D eigenvalue weighted by Crippen LogP contribution is 2.30. The molecule has 0 saturated carbocycles. The van der Waals surface area contributed by atoms with Crippen molar-refractivity contribution >= 4 is 17.4 Å². The van der Waals surface area contributed by atoms with Crippen LogP contribution in [0.4, 0.5) is 11.5 Å². The van der Waals surface area contributed by atoms with Crippen LogP contribution < -0.4 is 21.3 Å². The van der Waals surface area contributed by atoms with Gasteiger partial charge in [-0.25, -0.2) is 4.98 Å². The molecular weight excluding hydrogens is 414 g/mol. The summed E-state index contributed by atoms with van der Waals surface area (Å²) >= 11 is 0. The first kappa shape index (κ1) is 21.8. The number of nitrogen functional groups attached to an aromatic ring is 1. The van der Waals surface area contributed by atoms with Crippen molar-refractivity contribution in [3.05, 3.63) is 107 Å². The number of amides is 1. The van der Waals surface area contributed by atoms with Gasteiger partial charge in [0, 0.05) is 0 Å². The number of rotatable bonds is 7. The molecule has 33 heavy (non-hydrogen) atoms. The number of hydrazine groups is 1. The largest absolute Gasteiger partial charge is 0.437 e. The van der Waals surface area contributed by atoms with E-state index in [2.05, 4.69) is 20.8 Å². The predicted octanol–water partition coefficient (Wildman–Crippen LogP) is 4.74. The number of anilines is 2. The second kappa shape index (κ2) is 9.82. The lowest BCUT2D eigenvalue weighted by molar-refractivity contribution is -0.121. The van der Waals surface area contributed by atoms with Crippen molar-refractivity contribution in [2.75, 3.05) is 11.2 Å². The highest BCUT2D eigenvalue weighted by atomic mass is 16.5. The molecule has 0 radical (unpaired) electrons. The molecule has 0 bridgehead atoms. The lowest BCUT2D eigenvalue weighted by atomic mass is 9.91. The van der Waals surface area contributed by atoms with Crippen molar-refractivity contribution in [1.29, 1.82) is 0 Å². The van der Waals surface area contributed by atoms with E-state index in [4.69, 9.17) is 10.5 Å². The Hall–Kier alpha value is -4.39. The zero-order chi connectivity index (χ0) is 23.2. The Labute approximate surface area is 192 Å². The van der Waals surface area contributed by atoms with Crippen LogP contribution in [-0.4, -0.2) is 15.9 Å². The summed E-state index contributed by atoms with van der Waals surface area (Å²) in [6, 6.07) is 24.9. The van der Waals surface area contributed by atoms with Gasteiger partial charge in [-0.15, -0.1) is 0 Å². The van der Waals surface area contributed by atoms with Gasteiger partial charge in [-0.3, -0.25) is 15.6 Å². The van der Waals surface area contributed by atoms with Gasteiger partial charge in [0.05, 0.1) is 5.92 Å². The number of nitrogens with two attached hydrogens (primary N) is 1. The number of nitrogens with zero attached hydrogens (tertiary/aromatic N) is 2. The molecule has 4 rings (SSSR count). The average molecular weight is 440 g/mol. The monoisotopic (exact) mass is 439 g/mol. The van der Waals surface area contributed by atoms with E-state index in [1.165, 1.54) is 6.33 Å². The van der Waals surface area contributed by atoms with E-state index in [1.807, 2.05) is 92.7 Å². The number of benzene rings is 3. The van der Waals surface area contributed by atoms with E-state index >= 15 is 0 Å². The van der Waals surface area contributed by atoms with Gasteiger partial charge in [0.25, 0.3) is 0 Å². The molecule has 7 heteroatoms. The number of ether oxygens (including phenoxy) is 1. The summed E-state index contributed by atoms with van der Waals surface area (Å²) in [5.74, 6) is 0.313. The standard InChI is InChI=1S/C26H25N5O2/c1-17-13-14-21(15-18(17)2)33-26-23(27)24(28-16-29-26)30-31-25(32)22(19-9-5-3-6-10-19)20-11-7-4-8-12-20/h3-16,22H,27H2,1-2H3,(H,31,32)(H,28,29,30). The molecule has 0 aliphatic heterocycles. The van der Waals surface area contributed by atoms with E-state index < -0.39 is 5.92 Å². The molecule has 1 heterocycles. The van der Waals surface area contributed by atoms with Gasteiger partial charge >= 0.3 is 0 Å². The number of nitrogens with one attached hydrogen (secondary N) is 2. The van der Waals surface area contributed by atoms with Crippen molar-refractivity contribution in [3.63, 3.8) is 0 Å². The Morgan fingerprint density at radius 1 is 0.879 bits per heavy atom. The second-order valence-electron chi connectivity index (χ2n) is 7.66. The molecule has 4 aromatic rings. The fourth-order valence-corrected chi connectivity index (χ4v) is 3.43. The third-order valence-electron chi connectivity index (χ3n) is 5.37. The molecular formula is C26H25N5O2. The summed E-state index contributed by atoms with van der Waals surface area (Å²) in [7, 11) is 0. The van der Waals surface area contributed by atoms with Gasteiger partial charge in [0.1, 0.15) is 17.8 Å². The van der Waals surface area contributed by atoms with Gasteiger partial charge in [-0.05, 0) is 48.2 Å². The van der Waals surface area contributed by atoms with E-state index in [-0.39, 0.29) is 23.3 Å². The summed E-state index contributed by atoms with van der Waals surface area (Å²) in [6.45, 7) is 4.03. The number of carbonyl (C=O) groups excluding carboxylic acids is 1. The molecule has 0 aliphatic rings. The van der Waals surface area contributed by atoms with Crippen LogP contribution in [0, 0.1) is 13.8 Å². The van der Waals surface area contributed by atoms with Crippen LogP contribution >= 0.6 is 0 Å². The zero-order valence-corrected chi connectivity index (χ0v) is 18.4. The molecule has 4 N–H and O–H groups in total. The molecule has 3 aromatic carbocycles. The Morgan fingerprint density at radius 3 is 2.12 bits per heavy atom. The SMILES string of the molecule is Cc1ccc(Oc2ncnc(NNC(=O)C(c3ccccc3)c3ccccc3)c2N)cc1C. The van der Waals surface area contributed by atoms with Gasteiger partial charge in [0.2, 0.25) is 11.8 Å². The van der Waals surface area contributed by atoms with E-state index in [0.717, 1.165) is 22.3 Å². The molecule has 0 atom stereocenters. The average Bonchev–Trinajstić information content (AvgIpc) is 2.83. The topological polar surface area (TPSA) is 102 Å². The van der Waals surface area contributed by atoms with Gasteiger partial charge in [0.15, 0.2) is 5.82 Å². The number of carbonyl (C=O) groups is 1. The first-order valence-corrected chi connectivity index (χ1v) is 10.5. The zero-order valence-electron chi connectivity index (χ0n) is 18.4. The summed E-state index contributed by atoms with van der Waals surface area (Å²) in [6.07, 6.45) is 1.33. The third-order valence-corrected chi connectivity index (χ3v) is 5.37. The minimum absolute atomic E-state index is 0.187. The molecule has 0 saturated heterocycles.